The predicted octanol–water partition coefficient (Wildman–Crippen LogP) is 3.17. The largest absolute Gasteiger partial charge is 0.345 e. The maximum atomic E-state index is 13.9. The van der Waals surface area contributed by atoms with Crippen LogP contribution < -0.4 is 9.62 Å². The summed E-state index contributed by atoms with van der Waals surface area (Å²) in [5, 5.41) is 2.69. The fraction of sp³-hybridized carbons (Fsp3) is 0.316. The van der Waals surface area contributed by atoms with Crippen LogP contribution in [0.1, 0.15) is 40.9 Å². The Morgan fingerprint density at radius 2 is 1.93 bits per heavy atom. The molecule has 27 heavy (non-hydrogen) atoms. The number of halogens is 2. The molecule has 0 saturated heterocycles. The van der Waals surface area contributed by atoms with Crippen LogP contribution in [0.5, 0.6) is 0 Å². The number of anilines is 1. The first-order valence-electron chi connectivity index (χ1n) is 8.53. The lowest BCUT2D eigenvalue weighted by Crippen LogP contribution is -2.35. The molecule has 2 aromatic rings. The van der Waals surface area contributed by atoms with Crippen molar-refractivity contribution in [2.24, 2.45) is 0 Å². The zero-order valence-electron chi connectivity index (χ0n) is 15.0. The molecule has 1 heterocycles. The van der Waals surface area contributed by atoms with Crippen molar-refractivity contribution in [2.75, 3.05) is 17.1 Å². The summed E-state index contributed by atoms with van der Waals surface area (Å²) in [5.74, 6) is -1.82. The summed E-state index contributed by atoms with van der Waals surface area (Å²) < 4.78 is 52.1. The number of carbonyl (C=O) groups excluding carboxylic acids is 1. The van der Waals surface area contributed by atoms with Gasteiger partial charge in [-0.25, -0.2) is 17.2 Å². The van der Waals surface area contributed by atoms with Crippen LogP contribution in [0.4, 0.5) is 14.5 Å². The highest BCUT2D eigenvalue weighted by Crippen LogP contribution is 2.30. The lowest BCUT2D eigenvalue weighted by atomic mass is 10.00. The van der Waals surface area contributed by atoms with Crippen molar-refractivity contribution < 1.29 is 22.0 Å². The third-order valence-corrected chi connectivity index (χ3v) is 5.77. The molecule has 0 unspecified atom stereocenters. The summed E-state index contributed by atoms with van der Waals surface area (Å²) in [6, 6.07) is 7.39. The van der Waals surface area contributed by atoms with E-state index in [1.54, 1.807) is 25.1 Å². The molecule has 1 amide bonds. The average molecular weight is 394 g/mol. The molecule has 1 N–H and O–H groups in total. The van der Waals surface area contributed by atoms with E-state index in [0.717, 1.165) is 24.0 Å². The van der Waals surface area contributed by atoms with Crippen LogP contribution >= 0.6 is 0 Å². The third kappa shape index (κ3) is 4.10. The molecule has 1 aliphatic rings. The summed E-state index contributed by atoms with van der Waals surface area (Å²) in [7, 11) is -3.38. The van der Waals surface area contributed by atoms with Gasteiger partial charge in [-0.15, -0.1) is 0 Å². The first kappa shape index (κ1) is 19.3. The van der Waals surface area contributed by atoms with E-state index in [9.17, 15) is 22.0 Å². The molecule has 0 aromatic heterocycles. The first-order chi connectivity index (χ1) is 12.7. The van der Waals surface area contributed by atoms with E-state index in [4.69, 9.17) is 0 Å². The maximum Gasteiger partial charge on any atom is 0.251 e. The van der Waals surface area contributed by atoms with Gasteiger partial charge in [0.25, 0.3) is 5.91 Å². The van der Waals surface area contributed by atoms with Gasteiger partial charge in [-0.05, 0) is 49.6 Å². The van der Waals surface area contributed by atoms with Crippen molar-refractivity contribution in [3.05, 3.63) is 64.7 Å². The molecule has 1 atom stereocenters. The molecule has 0 saturated carbocycles. The molecular formula is C19H20F2N2O3S. The standard InChI is InChI=1S/C19H20F2N2O3S/c1-12(16-7-6-15(20)11-17(16)21)22-19(24)14-5-8-18-13(10-14)4-3-9-23(18)27(2,25)26/h5-8,10-12H,3-4,9H2,1-2H3,(H,22,24)/t12-/m0/s1. The number of nitrogens with one attached hydrogen (secondary N) is 1. The molecule has 0 radical (unpaired) electrons. The van der Waals surface area contributed by atoms with Crippen LogP contribution in [0.25, 0.3) is 0 Å². The van der Waals surface area contributed by atoms with Gasteiger partial charge in [0.1, 0.15) is 11.6 Å². The second-order valence-corrected chi connectivity index (χ2v) is 8.55. The van der Waals surface area contributed by atoms with Gasteiger partial charge in [0, 0.05) is 23.7 Å². The van der Waals surface area contributed by atoms with E-state index >= 15 is 0 Å². The minimum atomic E-state index is -3.38. The second kappa shape index (κ2) is 7.26. The fourth-order valence-electron chi connectivity index (χ4n) is 3.26. The zero-order valence-corrected chi connectivity index (χ0v) is 15.8. The third-order valence-electron chi connectivity index (χ3n) is 4.59. The Morgan fingerprint density at radius 3 is 2.59 bits per heavy atom. The van der Waals surface area contributed by atoms with Crippen LogP contribution in [0.2, 0.25) is 0 Å². The number of carbonyl (C=O) groups is 1. The van der Waals surface area contributed by atoms with E-state index in [1.807, 2.05) is 0 Å². The number of nitrogens with zero attached hydrogens (tertiary/aromatic N) is 1. The number of hydrogen-bond acceptors (Lipinski definition) is 3. The van der Waals surface area contributed by atoms with E-state index < -0.39 is 33.6 Å². The fourth-order valence-corrected chi connectivity index (χ4v) is 4.25. The van der Waals surface area contributed by atoms with Crippen molar-refractivity contribution in [1.29, 1.82) is 0 Å². The number of rotatable bonds is 4. The number of fused-ring (bicyclic) bond motifs is 1. The van der Waals surface area contributed by atoms with Gasteiger partial charge in [0.05, 0.1) is 18.0 Å². The molecule has 0 fully saturated rings. The molecule has 2 aromatic carbocycles. The highest BCUT2D eigenvalue weighted by molar-refractivity contribution is 7.92. The van der Waals surface area contributed by atoms with Gasteiger partial charge < -0.3 is 5.32 Å². The van der Waals surface area contributed by atoms with Crippen molar-refractivity contribution >= 4 is 21.6 Å². The molecule has 144 valence electrons. The summed E-state index contributed by atoms with van der Waals surface area (Å²) >= 11 is 0. The normalized spacial score (nSPS) is 15.2. The Labute approximate surface area is 157 Å². The van der Waals surface area contributed by atoms with Crippen LogP contribution in [0, 0.1) is 11.6 Å². The van der Waals surface area contributed by atoms with Crippen LogP contribution in [-0.2, 0) is 16.4 Å². The highest BCUT2D eigenvalue weighted by Gasteiger charge is 2.25. The van der Waals surface area contributed by atoms with Gasteiger partial charge in [0.15, 0.2) is 0 Å². The molecule has 5 nitrogen and oxygen atoms in total. The molecule has 0 spiro atoms. The summed E-state index contributed by atoms with van der Waals surface area (Å²) in [4.78, 5) is 12.5. The lowest BCUT2D eigenvalue weighted by Gasteiger charge is -2.29. The van der Waals surface area contributed by atoms with Gasteiger partial charge in [-0.3, -0.25) is 9.10 Å². The first-order valence-corrected chi connectivity index (χ1v) is 10.4. The number of sulfonamides is 1. The van der Waals surface area contributed by atoms with E-state index in [2.05, 4.69) is 5.32 Å². The smallest absolute Gasteiger partial charge is 0.251 e. The molecule has 8 heteroatoms. The van der Waals surface area contributed by atoms with Gasteiger partial charge in [-0.1, -0.05) is 6.07 Å². The van der Waals surface area contributed by atoms with Crippen molar-refractivity contribution in [1.82, 2.24) is 5.32 Å². The summed E-state index contributed by atoms with van der Waals surface area (Å²) in [5.41, 5.74) is 1.90. The number of amides is 1. The predicted molar refractivity (Wildman–Crippen MR) is 99.2 cm³/mol. The second-order valence-electron chi connectivity index (χ2n) is 6.64. The number of aryl methyl sites for hydroxylation is 1. The van der Waals surface area contributed by atoms with Crippen molar-refractivity contribution in [2.45, 2.75) is 25.8 Å². The van der Waals surface area contributed by atoms with Crippen molar-refractivity contribution in [3.63, 3.8) is 0 Å². The summed E-state index contributed by atoms with van der Waals surface area (Å²) in [6.45, 7) is 2.02. The van der Waals surface area contributed by atoms with Crippen LogP contribution in [0.3, 0.4) is 0 Å². The van der Waals surface area contributed by atoms with Crippen LogP contribution in [0.15, 0.2) is 36.4 Å². The lowest BCUT2D eigenvalue weighted by molar-refractivity contribution is 0.0939. The number of benzene rings is 2. The number of hydrogen-bond donors (Lipinski definition) is 1. The highest BCUT2D eigenvalue weighted by atomic mass is 32.2. The molecule has 1 aliphatic heterocycles. The Kier molecular flexibility index (Phi) is 5.19. The molecule has 0 aliphatic carbocycles. The quantitative estimate of drug-likeness (QED) is 0.866. The van der Waals surface area contributed by atoms with Gasteiger partial charge >= 0.3 is 0 Å². The topological polar surface area (TPSA) is 66.5 Å². The Hall–Kier alpha value is -2.48. The zero-order chi connectivity index (χ0) is 19.8. The Bertz CT molecular complexity index is 992. The Morgan fingerprint density at radius 1 is 1.19 bits per heavy atom. The minimum Gasteiger partial charge on any atom is -0.345 e. The van der Waals surface area contributed by atoms with Crippen LogP contribution in [-0.4, -0.2) is 27.1 Å². The summed E-state index contributed by atoms with van der Waals surface area (Å²) in [6.07, 6.45) is 2.49. The maximum absolute atomic E-state index is 13.9. The monoisotopic (exact) mass is 394 g/mol. The van der Waals surface area contributed by atoms with Gasteiger partial charge in [-0.2, -0.15) is 0 Å². The van der Waals surface area contributed by atoms with E-state index in [1.165, 1.54) is 10.4 Å². The molecule has 3 rings (SSSR count). The molecular weight excluding hydrogens is 374 g/mol. The minimum absolute atomic E-state index is 0.186. The average Bonchev–Trinajstić information content (AvgIpc) is 2.59. The van der Waals surface area contributed by atoms with E-state index in [-0.39, 0.29) is 5.56 Å². The van der Waals surface area contributed by atoms with Crippen molar-refractivity contribution in [3.8, 4) is 0 Å². The van der Waals surface area contributed by atoms with Gasteiger partial charge in [0.2, 0.25) is 10.0 Å². The molecule has 0 bridgehead atoms. The van der Waals surface area contributed by atoms with E-state index in [0.29, 0.717) is 30.6 Å². The Balaban J connectivity index is 1.82. The SMILES string of the molecule is C[C@H](NC(=O)c1ccc2c(c1)CCCN2S(C)(=O)=O)c1ccc(F)cc1F.